The van der Waals surface area contributed by atoms with Gasteiger partial charge >= 0.3 is 0 Å². The lowest BCUT2D eigenvalue weighted by Crippen LogP contribution is -2.40. The van der Waals surface area contributed by atoms with Crippen LogP contribution in [0.25, 0.3) is 0 Å². The van der Waals surface area contributed by atoms with Gasteiger partial charge in [0.15, 0.2) is 0 Å². The maximum Gasteiger partial charge on any atom is 0.251 e. The van der Waals surface area contributed by atoms with E-state index in [9.17, 15) is 13.2 Å². The zero-order valence-electron chi connectivity index (χ0n) is 12.1. The van der Waals surface area contributed by atoms with Crippen molar-refractivity contribution in [1.82, 2.24) is 10.0 Å². The third-order valence-electron chi connectivity index (χ3n) is 3.52. The summed E-state index contributed by atoms with van der Waals surface area (Å²) in [6.07, 6.45) is 1.74. The number of hydrogen-bond acceptors (Lipinski definition) is 4. The van der Waals surface area contributed by atoms with E-state index in [0.717, 1.165) is 12.8 Å². The van der Waals surface area contributed by atoms with Crippen LogP contribution in [0.1, 0.15) is 30.1 Å². The van der Waals surface area contributed by atoms with Gasteiger partial charge in [-0.3, -0.25) is 4.79 Å². The molecule has 1 aliphatic rings. The molecule has 2 rings (SSSR count). The van der Waals surface area contributed by atoms with E-state index in [0.29, 0.717) is 12.2 Å². The lowest BCUT2D eigenvalue weighted by atomic mass is 10.1. The molecule has 1 aromatic carbocycles. The average Bonchev–Trinajstić information content (AvgIpc) is 3.00. The molecule has 6 nitrogen and oxygen atoms in total. The Morgan fingerprint density at radius 1 is 1.33 bits per heavy atom. The molecule has 1 saturated heterocycles. The summed E-state index contributed by atoms with van der Waals surface area (Å²) in [7, 11) is -2.08. The molecule has 7 heteroatoms. The molecule has 116 valence electrons. The third-order valence-corrected chi connectivity index (χ3v) is 5.09. The van der Waals surface area contributed by atoms with Crippen LogP contribution in [0.4, 0.5) is 0 Å². The predicted molar refractivity (Wildman–Crippen MR) is 78.6 cm³/mol. The van der Waals surface area contributed by atoms with Crippen LogP contribution in [0.15, 0.2) is 29.2 Å². The van der Waals surface area contributed by atoms with Crippen LogP contribution >= 0.6 is 0 Å². The van der Waals surface area contributed by atoms with Gasteiger partial charge in [0.05, 0.1) is 11.0 Å². The molecule has 2 N–H and O–H groups in total. The lowest BCUT2D eigenvalue weighted by Gasteiger charge is -2.20. The Hall–Kier alpha value is -1.44. The summed E-state index contributed by atoms with van der Waals surface area (Å²) in [5.74, 6) is -0.250. The smallest absolute Gasteiger partial charge is 0.251 e. The van der Waals surface area contributed by atoms with Gasteiger partial charge in [0.2, 0.25) is 10.0 Å². The monoisotopic (exact) mass is 312 g/mol. The van der Waals surface area contributed by atoms with Gasteiger partial charge in [-0.15, -0.1) is 0 Å². The summed E-state index contributed by atoms with van der Waals surface area (Å²) in [4.78, 5) is 11.6. The number of benzene rings is 1. The van der Waals surface area contributed by atoms with Crippen LogP contribution in [0, 0.1) is 0 Å². The summed E-state index contributed by atoms with van der Waals surface area (Å²) < 4.78 is 32.7. The van der Waals surface area contributed by atoms with Crippen LogP contribution in [-0.2, 0) is 14.8 Å². The van der Waals surface area contributed by atoms with Crippen molar-refractivity contribution >= 4 is 15.9 Å². The van der Waals surface area contributed by atoms with E-state index in [2.05, 4.69) is 10.0 Å². The number of carbonyl (C=O) groups excluding carboxylic acids is 1. The van der Waals surface area contributed by atoms with Crippen molar-refractivity contribution in [2.45, 2.75) is 36.8 Å². The number of amides is 1. The Morgan fingerprint density at radius 3 is 2.52 bits per heavy atom. The zero-order valence-corrected chi connectivity index (χ0v) is 12.9. The normalized spacial score (nSPS) is 20.2. The number of hydrogen-bond donors (Lipinski definition) is 2. The number of ether oxygens (including phenoxy) is 1. The molecule has 1 aliphatic heterocycles. The minimum Gasteiger partial charge on any atom is -0.377 e. The topological polar surface area (TPSA) is 84.5 Å². The summed E-state index contributed by atoms with van der Waals surface area (Å²) in [6, 6.07) is 5.55. The molecule has 1 aromatic rings. The molecule has 0 spiro atoms. The fourth-order valence-electron chi connectivity index (χ4n) is 2.32. The number of nitrogens with one attached hydrogen (secondary N) is 2. The maximum atomic E-state index is 12.3. The highest BCUT2D eigenvalue weighted by Gasteiger charge is 2.26. The van der Waals surface area contributed by atoms with Gasteiger partial charge in [-0.05, 0) is 44.0 Å². The quantitative estimate of drug-likeness (QED) is 0.846. The highest BCUT2D eigenvalue weighted by molar-refractivity contribution is 7.89. The van der Waals surface area contributed by atoms with E-state index in [1.807, 2.05) is 0 Å². The van der Waals surface area contributed by atoms with E-state index >= 15 is 0 Å². The van der Waals surface area contributed by atoms with Gasteiger partial charge in [-0.1, -0.05) is 0 Å². The van der Waals surface area contributed by atoms with Gasteiger partial charge in [-0.2, -0.15) is 0 Å². The predicted octanol–water partition coefficient (Wildman–Crippen LogP) is 0.892. The molecule has 1 amide bonds. The third kappa shape index (κ3) is 3.81. The van der Waals surface area contributed by atoms with Crippen LogP contribution in [0.3, 0.4) is 0 Å². The van der Waals surface area contributed by atoms with E-state index in [1.165, 1.54) is 31.3 Å². The molecule has 0 aliphatic carbocycles. The van der Waals surface area contributed by atoms with Crippen LogP contribution in [-0.4, -0.2) is 40.1 Å². The molecule has 0 unspecified atom stereocenters. The van der Waals surface area contributed by atoms with Crippen LogP contribution in [0.2, 0.25) is 0 Å². The fourth-order valence-corrected chi connectivity index (χ4v) is 3.59. The molecule has 0 radical (unpaired) electrons. The molecule has 1 fully saturated rings. The summed E-state index contributed by atoms with van der Waals surface area (Å²) in [5.41, 5.74) is 0.420. The maximum absolute atomic E-state index is 12.3. The number of sulfonamides is 1. The van der Waals surface area contributed by atoms with Gasteiger partial charge in [0.1, 0.15) is 0 Å². The first-order valence-corrected chi connectivity index (χ1v) is 8.38. The second-order valence-electron chi connectivity index (χ2n) is 5.06. The SMILES string of the molecule is CNC(=O)c1ccc(S(=O)(=O)N[C@@H](C)[C@H]2CCCO2)cc1. The van der Waals surface area contributed by atoms with Crippen molar-refractivity contribution in [1.29, 1.82) is 0 Å². The Bertz CT molecular complexity index is 592. The summed E-state index contributed by atoms with van der Waals surface area (Å²) >= 11 is 0. The van der Waals surface area contributed by atoms with E-state index in [4.69, 9.17) is 4.74 Å². The minimum atomic E-state index is -3.61. The summed E-state index contributed by atoms with van der Waals surface area (Å²) in [6.45, 7) is 2.48. The zero-order chi connectivity index (χ0) is 15.5. The van der Waals surface area contributed by atoms with Crippen molar-refractivity contribution in [3.63, 3.8) is 0 Å². The Kier molecular flexibility index (Phi) is 4.97. The Morgan fingerprint density at radius 2 is 2.00 bits per heavy atom. The largest absolute Gasteiger partial charge is 0.377 e. The molecular formula is C14H20N2O4S. The fraction of sp³-hybridized carbons (Fsp3) is 0.500. The second-order valence-corrected chi connectivity index (χ2v) is 6.78. The molecular weight excluding hydrogens is 292 g/mol. The van der Waals surface area contributed by atoms with Crippen molar-refractivity contribution in [2.75, 3.05) is 13.7 Å². The van der Waals surface area contributed by atoms with E-state index in [-0.39, 0.29) is 22.9 Å². The molecule has 2 atom stereocenters. The average molecular weight is 312 g/mol. The highest BCUT2D eigenvalue weighted by Crippen LogP contribution is 2.18. The number of carbonyl (C=O) groups is 1. The minimum absolute atomic E-state index is 0.0788. The van der Waals surface area contributed by atoms with E-state index < -0.39 is 10.0 Å². The molecule has 21 heavy (non-hydrogen) atoms. The molecule has 0 aromatic heterocycles. The van der Waals surface area contributed by atoms with Gasteiger partial charge in [0.25, 0.3) is 5.91 Å². The lowest BCUT2D eigenvalue weighted by molar-refractivity contribution is 0.0902. The van der Waals surface area contributed by atoms with Crippen molar-refractivity contribution < 1.29 is 17.9 Å². The standard InChI is InChI=1S/C14H20N2O4S/c1-10(13-4-3-9-20-13)16-21(18,19)12-7-5-11(6-8-12)14(17)15-2/h5-8,10,13,16H,3-4,9H2,1-2H3,(H,15,17)/t10-,13+/m0/s1. The van der Waals surface area contributed by atoms with Crippen LogP contribution < -0.4 is 10.0 Å². The van der Waals surface area contributed by atoms with Crippen LogP contribution in [0.5, 0.6) is 0 Å². The van der Waals surface area contributed by atoms with Crippen molar-refractivity contribution in [3.05, 3.63) is 29.8 Å². The molecule has 1 heterocycles. The first-order valence-electron chi connectivity index (χ1n) is 6.90. The molecule has 0 saturated carbocycles. The number of rotatable bonds is 5. The van der Waals surface area contributed by atoms with Gasteiger partial charge in [0, 0.05) is 25.3 Å². The Balaban J connectivity index is 2.09. The van der Waals surface area contributed by atoms with E-state index in [1.54, 1.807) is 6.92 Å². The van der Waals surface area contributed by atoms with Gasteiger partial charge in [-0.25, -0.2) is 13.1 Å². The Labute approximate surface area is 124 Å². The van der Waals surface area contributed by atoms with Gasteiger partial charge < -0.3 is 10.1 Å². The van der Waals surface area contributed by atoms with Crippen molar-refractivity contribution in [3.8, 4) is 0 Å². The summed E-state index contributed by atoms with van der Waals surface area (Å²) in [5, 5.41) is 2.49. The second kappa shape index (κ2) is 6.55. The van der Waals surface area contributed by atoms with Crippen molar-refractivity contribution in [2.24, 2.45) is 0 Å². The first-order chi connectivity index (χ1) is 9.94. The first kappa shape index (κ1) is 15.9. The highest BCUT2D eigenvalue weighted by atomic mass is 32.2. The molecule has 0 bridgehead atoms.